The molecule has 0 saturated carbocycles. The Morgan fingerprint density at radius 2 is 2.20 bits per heavy atom. The molecule has 102 valence electrons. The van der Waals surface area contributed by atoms with Crippen LogP contribution in [0.3, 0.4) is 0 Å². The molecule has 6 heteroatoms. The number of amides is 1. The number of furan rings is 1. The fourth-order valence-electron chi connectivity index (χ4n) is 1.46. The highest BCUT2D eigenvalue weighted by Gasteiger charge is 2.11. The predicted octanol–water partition coefficient (Wildman–Crippen LogP) is 2.67. The summed E-state index contributed by atoms with van der Waals surface area (Å²) in [5.74, 6) is 3.78. The van der Waals surface area contributed by atoms with Crippen molar-refractivity contribution in [2.75, 3.05) is 11.9 Å². The fourth-order valence-corrected chi connectivity index (χ4v) is 1.61. The summed E-state index contributed by atoms with van der Waals surface area (Å²) in [6.45, 7) is -0.374. The summed E-state index contributed by atoms with van der Waals surface area (Å²) < 4.78 is 18.4. The molecule has 2 N–H and O–H groups in total. The Kier molecular flexibility index (Phi) is 4.41. The van der Waals surface area contributed by atoms with E-state index in [1.807, 2.05) is 0 Å². The van der Waals surface area contributed by atoms with Crippen LogP contribution in [0, 0.1) is 17.7 Å². The van der Waals surface area contributed by atoms with Crippen LogP contribution in [0.25, 0.3) is 0 Å². The van der Waals surface area contributed by atoms with Crippen LogP contribution in [0.1, 0.15) is 16.1 Å². The van der Waals surface area contributed by atoms with E-state index in [1.54, 1.807) is 0 Å². The zero-order valence-corrected chi connectivity index (χ0v) is 10.9. The molecule has 1 aromatic carbocycles. The van der Waals surface area contributed by atoms with Crippen molar-refractivity contribution in [3.63, 3.8) is 0 Å². The van der Waals surface area contributed by atoms with Crippen molar-refractivity contribution in [3.8, 4) is 11.8 Å². The van der Waals surface area contributed by atoms with Crippen molar-refractivity contribution in [2.24, 2.45) is 0 Å². The zero-order valence-electron chi connectivity index (χ0n) is 10.1. The van der Waals surface area contributed by atoms with Gasteiger partial charge in [-0.15, -0.1) is 0 Å². The molecule has 0 aliphatic heterocycles. The first kappa shape index (κ1) is 14.1. The molecular weight excluding hydrogens is 285 g/mol. The van der Waals surface area contributed by atoms with Gasteiger partial charge in [0, 0.05) is 5.69 Å². The van der Waals surface area contributed by atoms with E-state index in [9.17, 15) is 9.18 Å². The lowest BCUT2D eigenvalue weighted by Crippen LogP contribution is -2.11. The van der Waals surface area contributed by atoms with Gasteiger partial charge in [-0.2, -0.15) is 0 Å². The van der Waals surface area contributed by atoms with E-state index in [1.165, 1.54) is 30.3 Å². The van der Waals surface area contributed by atoms with Gasteiger partial charge in [0.2, 0.25) is 0 Å². The molecule has 0 aliphatic carbocycles. The fraction of sp³-hybridized carbons (Fsp3) is 0.0714. The van der Waals surface area contributed by atoms with Gasteiger partial charge in [-0.05, 0) is 41.9 Å². The Bertz CT molecular complexity index is 700. The van der Waals surface area contributed by atoms with E-state index in [-0.39, 0.29) is 23.2 Å². The van der Waals surface area contributed by atoms with Crippen LogP contribution in [-0.4, -0.2) is 17.6 Å². The minimum Gasteiger partial charge on any atom is -0.440 e. The van der Waals surface area contributed by atoms with E-state index in [2.05, 4.69) is 17.2 Å². The van der Waals surface area contributed by atoms with Crippen molar-refractivity contribution in [1.82, 2.24) is 0 Å². The molecule has 0 fully saturated rings. The number of carbonyl (C=O) groups is 1. The first-order chi connectivity index (χ1) is 9.60. The number of aliphatic hydroxyl groups is 1. The number of rotatable bonds is 2. The van der Waals surface area contributed by atoms with Gasteiger partial charge < -0.3 is 14.8 Å². The number of hydrogen-bond acceptors (Lipinski definition) is 3. The Labute approximate surface area is 119 Å². The van der Waals surface area contributed by atoms with Crippen LogP contribution in [-0.2, 0) is 0 Å². The van der Waals surface area contributed by atoms with Gasteiger partial charge in [-0.25, -0.2) is 4.39 Å². The minimum absolute atomic E-state index is 0.0438. The van der Waals surface area contributed by atoms with Gasteiger partial charge in [-0.1, -0.05) is 11.8 Å². The molecule has 0 spiro atoms. The summed E-state index contributed by atoms with van der Waals surface area (Å²) in [6.07, 6.45) is 0. The summed E-state index contributed by atoms with van der Waals surface area (Å²) >= 11 is 5.57. The molecule has 0 radical (unpaired) electrons. The molecule has 0 atom stereocenters. The van der Waals surface area contributed by atoms with Gasteiger partial charge in [0.05, 0.1) is 5.56 Å². The molecule has 0 aliphatic rings. The summed E-state index contributed by atoms with van der Waals surface area (Å²) in [7, 11) is 0. The second kappa shape index (κ2) is 6.24. The quantitative estimate of drug-likeness (QED) is 0.837. The Morgan fingerprint density at radius 3 is 2.85 bits per heavy atom. The Morgan fingerprint density at radius 1 is 1.40 bits per heavy atom. The molecule has 2 aromatic rings. The summed E-state index contributed by atoms with van der Waals surface area (Å²) in [4.78, 5) is 11.8. The summed E-state index contributed by atoms with van der Waals surface area (Å²) in [5.41, 5.74) is 0.431. The third-order valence-electron chi connectivity index (χ3n) is 2.32. The number of benzene rings is 1. The van der Waals surface area contributed by atoms with Crippen molar-refractivity contribution in [2.45, 2.75) is 0 Å². The normalized spacial score (nSPS) is 9.75. The van der Waals surface area contributed by atoms with Crippen molar-refractivity contribution in [1.29, 1.82) is 0 Å². The minimum atomic E-state index is -0.537. The molecule has 1 aromatic heterocycles. The molecule has 2 rings (SSSR count). The number of nitrogens with one attached hydrogen (secondary N) is 1. The lowest BCUT2D eigenvalue weighted by molar-refractivity contribution is 0.0996. The topological polar surface area (TPSA) is 62.5 Å². The monoisotopic (exact) mass is 293 g/mol. The lowest BCUT2D eigenvalue weighted by Gasteiger charge is -2.04. The molecule has 1 heterocycles. The third kappa shape index (κ3) is 3.38. The van der Waals surface area contributed by atoms with Crippen molar-refractivity contribution >= 4 is 23.2 Å². The summed E-state index contributed by atoms with van der Waals surface area (Å²) in [5, 5.41) is 11.2. The summed E-state index contributed by atoms with van der Waals surface area (Å²) in [6, 6.07) is 6.79. The molecule has 0 saturated heterocycles. The molecule has 4 nitrogen and oxygen atoms in total. The van der Waals surface area contributed by atoms with Gasteiger partial charge >= 0.3 is 0 Å². The smallest absolute Gasteiger partial charge is 0.291 e. The second-order valence-corrected chi connectivity index (χ2v) is 4.08. The average Bonchev–Trinajstić information content (AvgIpc) is 2.86. The van der Waals surface area contributed by atoms with E-state index in [0.717, 1.165) is 0 Å². The number of hydrogen-bond donors (Lipinski definition) is 2. The second-order valence-electron chi connectivity index (χ2n) is 3.71. The first-order valence-corrected chi connectivity index (χ1v) is 5.94. The molecule has 0 bridgehead atoms. The van der Waals surface area contributed by atoms with E-state index >= 15 is 0 Å². The van der Waals surface area contributed by atoms with Crippen LogP contribution in [0.5, 0.6) is 0 Å². The van der Waals surface area contributed by atoms with Crippen molar-refractivity contribution in [3.05, 3.63) is 52.7 Å². The number of aliphatic hydroxyl groups excluding tert-OH is 1. The lowest BCUT2D eigenvalue weighted by atomic mass is 10.2. The molecule has 20 heavy (non-hydrogen) atoms. The van der Waals surface area contributed by atoms with E-state index < -0.39 is 11.7 Å². The van der Waals surface area contributed by atoms with Gasteiger partial charge in [0.1, 0.15) is 12.4 Å². The first-order valence-electron chi connectivity index (χ1n) is 5.56. The maximum absolute atomic E-state index is 13.4. The van der Waals surface area contributed by atoms with Crippen LogP contribution in [0.4, 0.5) is 10.1 Å². The van der Waals surface area contributed by atoms with Gasteiger partial charge in [0.15, 0.2) is 11.0 Å². The molecular formula is C14H9ClFNO3. The highest BCUT2D eigenvalue weighted by Crippen LogP contribution is 2.17. The highest BCUT2D eigenvalue weighted by atomic mass is 35.5. The van der Waals surface area contributed by atoms with Gasteiger partial charge in [-0.3, -0.25) is 4.79 Å². The van der Waals surface area contributed by atoms with Gasteiger partial charge in [0.25, 0.3) is 5.91 Å². The van der Waals surface area contributed by atoms with Crippen LogP contribution in [0.2, 0.25) is 5.22 Å². The zero-order chi connectivity index (χ0) is 14.5. The van der Waals surface area contributed by atoms with Crippen molar-refractivity contribution < 1.29 is 18.7 Å². The standard InChI is InChI=1S/C14H9ClFNO3/c15-13-6-5-12(20-13)14(19)17-10-3-4-11(16)9(8-10)2-1-7-18/h3-6,8,18H,7H2,(H,17,19). The Balaban J connectivity index is 2.19. The SMILES string of the molecule is O=C(Nc1ccc(F)c(C#CCO)c1)c1ccc(Cl)o1. The van der Waals surface area contributed by atoms with Crippen LogP contribution >= 0.6 is 11.6 Å². The molecule has 1 amide bonds. The van der Waals surface area contributed by atoms with E-state index in [4.69, 9.17) is 21.1 Å². The maximum Gasteiger partial charge on any atom is 0.291 e. The molecule has 0 unspecified atom stereocenters. The predicted molar refractivity (Wildman–Crippen MR) is 72.0 cm³/mol. The Hall–Kier alpha value is -2.29. The van der Waals surface area contributed by atoms with E-state index in [0.29, 0.717) is 5.69 Å². The number of halogens is 2. The average molecular weight is 294 g/mol. The number of anilines is 1. The van der Waals surface area contributed by atoms with Crippen LogP contribution < -0.4 is 5.32 Å². The third-order valence-corrected chi connectivity index (χ3v) is 2.53. The maximum atomic E-state index is 13.4. The van der Waals surface area contributed by atoms with Crippen LogP contribution in [0.15, 0.2) is 34.7 Å². The highest BCUT2D eigenvalue weighted by molar-refractivity contribution is 6.29. The largest absolute Gasteiger partial charge is 0.440 e. The number of carbonyl (C=O) groups excluding carboxylic acids is 1.